The molecule has 2 aromatic rings. The van der Waals surface area contributed by atoms with Crippen molar-refractivity contribution in [2.24, 2.45) is 0 Å². The van der Waals surface area contributed by atoms with Crippen LogP contribution in [0.1, 0.15) is 5.56 Å². The van der Waals surface area contributed by atoms with Crippen molar-refractivity contribution < 1.29 is 13.9 Å². The predicted molar refractivity (Wildman–Crippen MR) is 89.3 cm³/mol. The number of hydrogen-bond donors (Lipinski definition) is 1. The van der Waals surface area contributed by atoms with E-state index in [0.29, 0.717) is 39.2 Å². The standard InChI is InChI=1S/C17H22FN5O2/c18-15-3-1-14(2-4-15)5-6-20-17(24)11-22-7-8-25-16(9-22)10-23-13-19-12-21-23/h1-4,12-13,16H,5-11H2,(H,20,24). The number of hydrogen-bond acceptors (Lipinski definition) is 5. The third kappa shape index (κ3) is 5.61. The van der Waals surface area contributed by atoms with Crippen LogP contribution in [0.3, 0.4) is 0 Å². The first-order valence-corrected chi connectivity index (χ1v) is 8.36. The molecule has 2 heterocycles. The van der Waals surface area contributed by atoms with Crippen LogP contribution in [0.2, 0.25) is 0 Å². The van der Waals surface area contributed by atoms with E-state index in [2.05, 4.69) is 20.3 Å². The van der Waals surface area contributed by atoms with E-state index in [-0.39, 0.29) is 17.8 Å². The van der Waals surface area contributed by atoms with E-state index in [4.69, 9.17) is 4.74 Å². The van der Waals surface area contributed by atoms with Crippen molar-refractivity contribution >= 4 is 5.91 Å². The highest BCUT2D eigenvalue weighted by Crippen LogP contribution is 2.07. The lowest BCUT2D eigenvalue weighted by Crippen LogP contribution is -2.48. The highest BCUT2D eigenvalue weighted by atomic mass is 19.1. The summed E-state index contributed by atoms with van der Waals surface area (Å²) in [5.41, 5.74) is 1.00. The Labute approximate surface area is 145 Å². The number of ether oxygens (including phenoxy) is 1. The highest BCUT2D eigenvalue weighted by Gasteiger charge is 2.22. The van der Waals surface area contributed by atoms with Gasteiger partial charge in [-0.1, -0.05) is 12.1 Å². The van der Waals surface area contributed by atoms with E-state index in [1.54, 1.807) is 23.1 Å². The summed E-state index contributed by atoms with van der Waals surface area (Å²) in [7, 11) is 0. The average molecular weight is 347 g/mol. The lowest BCUT2D eigenvalue weighted by Gasteiger charge is -2.32. The molecule has 8 heteroatoms. The normalized spacial score (nSPS) is 18.2. The van der Waals surface area contributed by atoms with E-state index in [1.807, 2.05) is 0 Å². The summed E-state index contributed by atoms with van der Waals surface area (Å²) in [5.74, 6) is -0.260. The van der Waals surface area contributed by atoms with Crippen LogP contribution in [-0.2, 0) is 22.5 Å². The van der Waals surface area contributed by atoms with Gasteiger partial charge in [0.1, 0.15) is 18.5 Å². The van der Waals surface area contributed by atoms with Crippen LogP contribution in [0.4, 0.5) is 4.39 Å². The van der Waals surface area contributed by atoms with Crippen molar-refractivity contribution in [3.8, 4) is 0 Å². The summed E-state index contributed by atoms with van der Waals surface area (Å²) >= 11 is 0. The molecular formula is C17H22FN5O2. The topological polar surface area (TPSA) is 72.3 Å². The summed E-state index contributed by atoms with van der Waals surface area (Å²) < 4.78 is 20.3. The molecule has 1 unspecified atom stereocenters. The fourth-order valence-corrected chi connectivity index (χ4v) is 2.83. The Hall–Kier alpha value is -2.32. The van der Waals surface area contributed by atoms with Crippen molar-refractivity contribution in [1.82, 2.24) is 25.0 Å². The minimum atomic E-state index is -0.249. The van der Waals surface area contributed by atoms with E-state index >= 15 is 0 Å². The van der Waals surface area contributed by atoms with Gasteiger partial charge in [0.15, 0.2) is 0 Å². The molecule has 0 bridgehead atoms. The largest absolute Gasteiger partial charge is 0.374 e. The van der Waals surface area contributed by atoms with Crippen molar-refractivity contribution in [1.29, 1.82) is 0 Å². The molecular weight excluding hydrogens is 325 g/mol. The molecule has 1 aliphatic rings. The number of rotatable bonds is 7. The number of nitrogens with one attached hydrogen (secondary N) is 1. The van der Waals surface area contributed by atoms with Crippen molar-refractivity contribution in [2.75, 3.05) is 32.8 Å². The van der Waals surface area contributed by atoms with Gasteiger partial charge in [0.2, 0.25) is 5.91 Å². The van der Waals surface area contributed by atoms with Gasteiger partial charge < -0.3 is 10.1 Å². The zero-order valence-electron chi connectivity index (χ0n) is 14.0. The molecule has 7 nitrogen and oxygen atoms in total. The number of morpholine rings is 1. The Bertz CT molecular complexity index is 662. The van der Waals surface area contributed by atoms with Crippen LogP contribution in [0.5, 0.6) is 0 Å². The van der Waals surface area contributed by atoms with Gasteiger partial charge in [-0.25, -0.2) is 9.37 Å². The summed E-state index contributed by atoms with van der Waals surface area (Å²) in [6.07, 6.45) is 3.84. The molecule has 3 rings (SSSR count). The van der Waals surface area contributed by atoms with Crippen molar-refractivity contribution in [3.05, 3.63) is 48.3 Å². The van der Waals surface area contributed by atoms with Crippen LogP contribution in [0.25, 0.3) is 0 Å². The lowest BCUT2D eigenvalue weighted by molar-refractivity contribution is -0.124. The van der Waals surface area contributed by atoms with E-state index in [1.165, 1.54) is 18.5 Å². The number of amides is 1. The maximum absolute atomic E-state index is 12.9. The fourth-order valence-electron chi connectivity index (χ4n) is 2.83. The van der Waals surface area contributed by atoms with Crippen LogP contribution < -0.4 is 5.32 Å². The van der Waals surface area contributed by atoms with Gasteiger partial charge >= 0.3 is 0 Å². The molecule has 25 heavy (non-hydrogen) atoms. The number of aromatic nitrogens is 3. The molecule has 1 fully saturated rings. The maximum Gasteiger partial charge on any atom is 0.234 e. The first kappa shape index (κ1) is 17.5. The number of carbonyl (C=O) groups is 1. The van der Waals surface area contributed by atoms with Gasteiger partial charge in [0, 0.05) is 19.6 Å². The molecule has 1 amide bonds. The van der Waals surface area contributed by atoms with Gasteiger partial charge in [-0.3, -0.25) is 14.4 Å². The molecule has 134 valence electrons. The van der Waals surface area contributed by atoms with Gasteiger partial charge in [-0.05, 0) is 24.1 Å². The Morgan fingerprint density at radius 2 is 2.20 bits per heavy atom. The minimum absolute atomic E-state index is 0.00228. The molecule has 1 aromatic carbocycles. The third-order valence-corrected chi connectivity index (χ3v) is 4.10. The van der Waals surface area contributed by atoms with Gasteiger partial charge in [-0.15, -0.1) is 0 Å². The molecule has 1 saturated heterocycles. The van der Waals surface area contributed by atoms with Crippen LogP contribution in [-0.4, -0.2) is 64.5 Å². The number of benzene rings is 1. The van der Waals surface area contributed by atoms with Gasteiger partial charge in [-0.2, -0.15) is 5.10 Å². The Morgan fingerprint density at radius 1 is 1.36 bits per heavy atom. The summed E-state index contributed by atoms with van der Waals surface area (Å²) in [6, 6.07) is 6.33. The summed E-state index contributed by atoms with van der Waals surface area (Å²) in [4.78, 5) is 18.1. The number of nitrogens with zero attached hydrogens (tertiary/aromatic N) is 4. The number of carbonyl (C=O) groups excluding carboxylic acids is 1. The summed E-state index contributed by atoms with van der Waals surface area (Å²) in [5, 5.41) is 6.99. The smallest absolute Gasteiger partial charge is 0.234 e. The van der Waals surface area contributed by atoms with Gasteiger partial charge in [0.05, 0.1) is 25.8 Å². The zero-order chi connectivity index (χ0) is 17.5. The van der Waals surface area contributed by atoms with E-state index in [0.717, 1.165) is 12.1 Å². The lowest BCUT2D eigenvalue weighted by atomic mass is 10.1. The monoisotopic (exact) mass is 347 g/mol. The molecule has 0 saturated carbocycles. The third-order valence-electron chi connectivity index (χ3n) is 4.10. The van der Waals surface area contributed by atoms with E-state index < -0.39 is 0 Å². The second-order valence-corrected chi connectivity index (χ2v) is 6.07. The first-order valence-electron chi connectivity index (χ1n) is 8.36. The molecule has 1 aromatic heterocycles. The summed E-state index contributed by atoms with van der Waals surface area (Å²) in [6.45, 7) is 3.53. The Balaban J connectivity index is 1.37. The Kier molecular flexibility index (Phi) is 6.08. The molecule has 0 spiro atoms. The molecule has 1 atom stereocenters. The number of halogens is 1. The fraction of sp³-hybridized carbons (Fsp3) is 0.471. The molecule has 0 radical (unpaired) electrons. The second kappa shape index (κ2) is 8.68. The molecule has 1 aliphatic heterocycles. The van der Waals surface area contributed by atoms with Gasteiger partial charge in [0.25, 0.3) is 0 Å². The molecule has 1 N–H and O–H groups in total. The average Bonchev–Trinajstić information content (AvgIpc) is 3.10. The maximum atomic E-state index is 12.9. The second-order valence-electron chi connectivity index (χ2n) is 6.07. The predicted octanol–water partition coefficient (Wildman–Crippen LogP) is 0.477. The van der Waals surface area contributed by atoms with Crippen LogP contribution in [0.15, 0.2) is 36.9 Å². The quantitative estimate of drug-likeness (QED) is 0.789. The SMILES string of the molecule is O=C(CN1CCOC(Cn2cncn2)C1)NCCc1ccc(F)cc1. The first-order chi connectivity index (χ1) is 12.2. The van der Waals surface area contributed by atoms with Crippen molar-refractivity contribution in [3.63, 3.8) is 0 Å². The van der Waals surface area contributed by atoms with E-state index in [9.17, 15) is 9.18 Å². The Morgan fingerprint density at radius 3 is 2.96 bits per heavy atom. The molecule has 0 aliphatic carbocycles. The van der Waals surface area contributed by atoms with Crippen LogP contribution >= 0.6 is 0 Å². The highest BCUT2D eigenvalue weighted by molar-refractivity contribution is 5.78. The van der Waals surface area contributed by atoms with Crippen LogP contribution in [0, 0.1) is 5.82 Å². The minimum Gasteiger partial charge on any atom is -0.374 e. The zero-order valence-corrected chi connectivity index (χ0v) is 14.0. The van der Waals surface area contributed by atoms with Crippen molar-refractivity contribution in [2.45, 2.75) is 19.1 Å².